The smallest absolute Gasteiger partial charge is 0.286 e. The Kier molecular flexibility index (Phi) is 3.54. The van der Waals surface area contributed by atoms with Crippen LogP contribution in [0.2, 0.25) is 0 Å². The van der Waals surface area contributed by atoms with Crippen molar-refractivity contribution in [1.29, 1.82) is 0 Å². The second-order valence-electron chi connectivity index (χ2n) is 6.22. The third kappa shape index (κ3) is 2.45. The van der Waals surface area contributed by atoms with Gasteiger partial charge in [-0.25, -0.2) is 9.97 Å². The van der Waals surface area contributed by atoms with Crippen LogP contribution in [0.15, 0.2) is 36.7 Å². The summed E-state index contributed by atoms with van der Waals surface area (Å²) in [6.45, 7) is 3.84. The Morgan fingerprint density at radius 3 is 3.04 bits per heavy atom. The number of benzene rings is 1. The summed E-state index contributed by atoms with van der Waals surface area (Å²) in [4.78, 5) is 25.4. The van der Waals surface area contributed by atoms with E-state index < -0.39 is 5.91 Å². The zero-order valence-electron chi connectivity index (χ0n) is 13.5. The minimum atomic E-state index is -0.584. The Hall–Kier alpha value is -2.73. The highest BCUT2D eigenvalue weighted by molar-refractivity contribution is 5.88. The molecular formula is C18H19N5O. The summed E-state index contributed by atoms with van der Waals surface area (Å²) in [6, 6.07) is 8.57. The molecule has 3 heterocycles. The van der Waals surface area contributed by atoms with Crippen molar-refractivity contribution in [2.45, 2.75) is 25.9 Å². The predicted octanol–water partition coefficient (Wildman–Crippen LogP) is 2.18. The Morgan fingerprint density at radius 1 is 1.38 bits per heavy atom. The molecule has 1 aromatic carbocycles. The normalized spacial score (nSPS) is 16.0. The lowest BCUT2D eigenvalue weighted by Crippen LogP contribution is -2.34. The average molecular weight is 321 g/mol. The number of nitrogens with zero attached hydrogens (tertiary/aromatic N) is 3. The number of fused-ring (bicyclic) bond motifs is 2. The van der Waals surface area contributed by atoms with E-state index in [4.69, 9.17) is 5.73 Å². The molecule has 3 N–H and O–H groups in total. The summed E-state index contributed by atoms with van der Waals surface area (Å²) in [6.07, 6.45) is 4.69. The van der Waals surface area contributed by atoms with E-state index >= 15 is 0 Å². The molecule has 1 atom stereocenters. The fourth-order valence-electron chi connectivity index (χ4n) is 3.41. The summed E-state index contributed by atoms with van der Waals surface area (Å²) < 4.78 is 0. The topological polar surface area (TPSA) is 87.9 Å². The number of hydrogen-bond acceptors (Lipinski definition) is 4. The first kappa shape index (κ1) is 14.8. The Balaban J connectivity index is 1.64. The third-order valence-corrected chi connectivity index (χ3v) is 4.81. The van der Waals surface area contributed by atoms with Crippen molar-refractivity contribution in [3.8, 4) is 0 Å². The number of rotatable bonds is 3. The van der Waals surface area contributed by atoms with Crippen LogP contribution >= 0.6 is 0 Å². The molecule has 1 aliphatic rings. The first-order valence-electron chi connectivity index (χ1n) is 8.08. The molecule has 0 bridgehead atoms. The number of primary amides is 1. The van der Waals surface area contributed by atoms with Gasteiger partial charge in [0.2, 0.25) is 5.82 Å². The highest BCUT2D eigenvalue weighted by Gasteiger charge is 2.25. The summed E-state index contributed by atoms with van der Waals surface area (Å²) in [5, 5.41) is 1.25. The van der Waals surface area contributed by atoms with Gasteiger partial charge < -0.3 is 10.7 Å². The number of aromatic amines is 1. The molecule has 0 radical (unpaired) electrons. The molecule has 1 aliphatic heterocycles. The number of para-hydroxylation sites is 1. The molecule has 1 amide bonds. The van der Waals surface area contributed by atoms with Gasteiger partial charge in [-0.1, -0.05) is 18.2 Å². The van der Waals surface area contributed by atoms with Crippen LogP contribution in [0.4, 0.5) is 0 Å². The van der Waals surface area contributed by atoms with E-state index in [-0.39, 0.29) is 11.9 Å². The molecule has 0 saturated carbocycles. The van der Waals surface area contributed by atoms with E-state index in [1.165, 1.54) is 10.9 Å². The van der Waals surface area contributed by atoms with Crippen LogP contribution in [0.1, 0.15) is 40.4 Å². The van der Waals surface area contributed by atoms with Crippen LogP contribution in [0.5, 0.6) is 0 Å². The van der Waals surface area contributed by atoms with Crippen molar-refractivity contribution in [2.75, 3.05) is 6.54 Å². The largest absolute Gasteiger partial charge is 0.363 e. The molecule has 6 nitrogen and oxygen atoms in total. The Bertz CT molecular complexity index is 917. The summed E-state index contributed by atoms with van der Waals surface area (Å²) in [5.74, 6) is -0.491. The maximum atomic E-state index is 11.3. The maximum Gasteiger partial charge on any atom is 0.286 e. The molecule has 4 rings (SSSR count). The van der Waals surface area contributed by atoms with Crippen molar-refractivity contribution >= 4 is 16.8 Å². The third-order valence-electron chi connectivity index (χ3n) is 4.81. The van der Waals surface area contributed by atoms with E-state index in [0.29, 0.717) is 6.54 Å². The molecule has 0 fully saturated rings. The Morgan fingerprint density at radius 2 is 2.21 bits per heavy atom. The van der Waals surface area contributed by atoms with Crippen LogP contribution < -0.4 is 5.73 Å². The summed E-state index contributed by atoms with van der Waals surface area (Å²) in [7, 11) is 0. The summed E-state index contributed by atoms with van der Waals surface area (Å²) >= 11 is 0. The molecular weight excluding hydrogens is 302 g/mol. The van der Waals surface area contributed by atoms with E-state index in [2.05, 4.69) is 51.2 Å². The lowest BCUT2D eigenvalue weighted by Gasteiger charge is -2.33. The summed E-state index contributed by atoms with van der Waals surface area (Å²) in [5.41, 5.74) is 9.72. The maximum absolute atomic E-state index is 11.3. The van der Waals surface area contributed by atoms with Crippen molar-refractivity contribution < 1.29 is 4.79 Å². The van der Waals surface area contributed by atoms with Gasteiger partial charge in [-0.15, -0.1) is 0 Å². The van der Waals surface area contributed by atoms with Gasteiger partial charge in [0.05, 0.1) is 5.69 Å². The van der Waals surface area contributed by atoms with Crippen molar-refractivity contribution in [3.05, 3.63) is 59.3 Å². The number of H-pyrrole nitrogens is 1. The molecule has 0 aliphatic carbocycles. The van der Waals surface area contributed by atoms with E-state index in [1.807, 2.05) is 6.07 Å². The van der Waals surface area contributed by atoms with Crippen LogP contribution in [0.3, 0.4) is 0 Å². The molecule has 3 aromatic rings. The SMILES string of the molecule is CC(c1c[nH]c2ccccc12)N1CCc2cnc(C(N)=O)nc2C1. The molecule has 24 heavy (non-hydrogen) atoms. The van der Waals surface area contributed by atoms with Crippen molar-refractivity contribution in [2.24, 2.45) is 5.73 Å². The first-order chi connectivity index (χ1) is 11.6. The zero-order valence-corrected chi connectivity index (χ0v) is 13.5. The van der Waals surface area contributed by atoms with Gasteiger partial charge in [0, 0.05) is 42.4 Å². The van der Waals surface area contributed by atoms with Gasteiger partial charge in [0.1, 0.15) is 0 Å². The highest BCUT2D eigenvalue weighted by atomic mass is 16.1. The Labute approximate surface area is 139 Å². The van der Waals surface area contributed by atoms with Gasteiger partial charge in [0.25, 0.3) is 5.91 Å². The van der Waals surface area contributed by atoms with Crippen molar-refractivity contribution in [1.82, 2.24) is 19.9 Å². The molecule has 0 spiro atoms. The fourth-order valence-corrected chi connectivity index (χ4v) is 3.41. The van der Waals surface area contributed by atoms with Crippen LogP contribution in [-0.2, 0) is 13.0 Å². The van der Waals surface area contributed by atoms with Gasteiger partial charge in [-0.2, -0.15) is 0 Å². The lowest BCUT2D eigenvalue weighted by atomic mass is 10.0. The molecule has 122 valence electrons. The molecule has 2 aromatic heterocycles. The van der Waals surface area contributed by atoms with Crippen LogP contribution in [0.25, 0.3) is 10.9 Å². The second kappa shape index (κ2) is 5.72. The van der Waals surface area contributed by atoms with Crippen LogP contribution in [-0.4, -0.2) is 32.3 Å². The molecule has 6 heteroatoms. The number of amides is 1. The monoisotopic (exact) mass is 321 g/mol. The van der Waals surface area contributed by atoms with Gasteiger partial charge in [-0.3, -0.25) is 9.69 Å². The number of aromatic nitrogens is 3. The number of carbonyl (C=O) groups excluding carboxylic acids is 1. The van der Waals surface area contributed by atoms with Crippen LogP contribution in [0, 0.1) is 0 Å². The van der Waals surface area contributed by atoms with E-state index in [9.17, 15) is 4.79 Å². The van der Waals surface area contributed by atoms with Gasteiger partial charge in [-0.05, 0) is 30.5 Å². The number of carbonyl (C=O) groups is 1. The lowest BCUT2D eigenvalue weighted by molar-refractivity contribution is 0.0989. The van der Waals surface area contributed by atoms with E-state index in [1.54, 1.807) is 6.20 Å². The standard InChI is InChI=1S/C18H19N5O/c1-11(14-9-20-15-5-3-2-4-13(14)15)23-7-6-12-8-21-18(17(19)24)22-16(12)10-23/h2-5,8-9,11,20H,6-7,10H2,1H3,(H2,19,24). The minimum absolute atomic E-state index is 0.0929. The van der Waals surface area contributed by atoms with Crippen molar-refractivity contribution in [3.63, 3.8) is 0 Å². The zero-order chi connectivity index (χ0) is 16.7. The number of hydrogen-bond donors (Lipinski definition) is 2. The molecule has 1 unspecified atom stereocenters. The fraction of sp³-hybridized carbons (Fsp3) is 0.278. The second-order valence-corrected chi connectivity index (χ2v) is 6.22. The first-order valence-corrected chi connectivity index (χ1v) is 8.08. The van der Waals surface area contributed by atoms with Gasteiger partial charge >= 0.3 is 0 Å². The highest BCUT2D eigenvalue weighted by Crippen LogP contribution is 2.31. The quantitative estimate of drug-likeness (QED) is 0.774. The number of nitrogens with two attached hydrogens (primary N) is 1. The van der Waals surface area contributed by atoms with E-state index in [0.717, 1.165) is 29.7 Å². The average Bonchev–Trinajstić information content (AvgIpc) is 3.04. The minimum Gasteiger partial charge on any atom is -0.363 e. The number of nitrogens with one attached hydrogen (secondary N) is 1. The molecule has 0 saturated heterocycles. The van der Waals surface area contributed by atoms with Gasteiger partial charge in [0.15, 0.2) is 0 Å². The predicted molar refractivity (Wildman–Crippen MR) is 91.4 cm³/mol.